The van der Waals surface area contributed by atoms with Crippen LogP contribution in [0.15, 0.2) is 23.4 Å². The Morgan fingerprint density at radius 2 is 1.65 bits per heavy atom. The maximum atomic E-state index is 12.7. The van der Waals surface area contributed by atoms with Crippen molar-refractivity contribution in [2.45, 2.75) is 83.6 Å². The van der Waals surface area contributed by atoms with E-state index in [4.69, 9.17) is 5.73 Å². The molecule has 2 aliphatic rings. The van der Waals surface area contributed by atoms with Gasteiger partial charge in [-0.3, -0.25) is 4.79 Å². The molecule has 3 heteroatoms. The first-order chi connectivity index (χ1) is 11.2. The summed E-state index contributed by atoms with van der Waals surface area (Å²) in [7, 11) is 0. The number of allylic oxidation sites excluding steroid dienone is 3. The number of carbonyl (C=O) groups excluding carboxylic acids is 1. The first-order valence-electron chi connectivity index (χ1n) is 9.58. The molecule has 2 fully saturated rings. The van der Waals surface area contributed by atoms with Gasteiger partial charge >= 0.3 is 0 Å². The molecule has 0 radical (unpaired) electrons. The largest absolute Gasteiger partial charge is 0.402 e. The number of nitrogens with one attached hydrogen (secondary N) is 1. The molecule has 0 bridgehead atoms. The number of hydrogen-bond acceptors (Lipinski definition) is 3. The van der Waals surface area contributed by atoms with E-state index in [0.29, 0.717) is 11.8 Å². The Kier molecular flexibility index (Phi) is 7.87. The average molecular weight is 319 g/mol. The van der Waals surface area contributed by atoms with Gasteiger partial charge in [0.15, 0.2) is 5.78 Å². The van der Waals surface area contributed by atoms with E-state index in [9.17, 15) is 4.79 Å². The maximum absolute atomic E-state index is 12.7. The number of ketones is 1. The minimum Gasteiger partial charge on any atom is -0.402 e. The third-order valence-electron chi connectivity index (χ3n) is 5.19. The molecule has 0 aromatic rings. The van der Waals surface area contributed by atoms with E-state index >= 15 is 0 Å². The van der Waals surface area contributed by atoms with Gasteiger partial charge in [-0.2, -0.15) is 0 Å². The normalized spacial score (nSPS) is 22.3. The predicted molar refractivity (Wildman–Crippen MR) is 97.1 cm³/mol. The van der Waals surface area contributed by atoms with Crippen LogP contribution in [0.5, 0.6) is 0 Å². The van der Waals surface area contributed by atoms with Crippen LogP contribution in [0, 0.1) is 5.92 Å². The van der Waals surface area contributed by atoms with Crippen LogP contribution in [0.25, 0.3) is 0 Å². The zero-order valence-corrected chi connectivity index (χ0v) is 14.8. The summed E-state index contributed by atoms with van der Waals surface area (Å²) in [4.78, 5) is 12.7. The number of nitrogens with two attached hydrogens (primary N) is 1. The van der Waals surface area contributed by atoms with Gasteiger partial charge in [-0.25, -0.2) is 0 Å². The molecule has 23 heavy (non-hydrogen) atoms. The van der Waals surface area contributed by atoms with Gasteiger partial charge in [0.05, 0.1) is 0 Å². The molecule has 3 N–H and O–H groups in total. The van der Waals surface area contributed by atoms with Crippen molar-refractivity contribution in [3.05, 3.63) is 23.4 Å². The Labute approximate surface area is 141 Å². The Morgan fingerprint density at radius 3 is 2.26 bits per heavy atom. The van der Waals surface area contributed by atoms with Crippen LogP contribution in [0.1, 0.15) is 77.6 Å². The molecule has 0 saturated heterocycles. The summed E-state index contributed by atoms with van der Waals surface area (Å²) in [6.07, 6.45) is 17.4. The van der Waals surface area contributed by atoms with Crippen molar-refractivity contribution in [3.63, 3.8) is 0 Å². The topological polar surface area (TPSA) is 55.1 Å². The third-order valence-corrected chi connectivity index (χ3v) is 5.19. The third kappa shape index (κ3) is 6.50. The summed E-state index contributed by atoms with van der Waals surface area (Å²) < 4.78 is 0. The fourth-order valence-corrected chi connectivity index (χ4v) is 3.90. The van der Waals surface area contributed by atoms with Gasteiger partial charge in [0.1, 0.15) is 0 Å². The maximum Gasteiger partial charge on any atom is 0.165 e. The van der Waals surface area contributed by atoms with Gasteiger partial charge in [-0.15, -0.1) is 0 Å². The lowest BCUT2D eigenvalue weighted by Crippen LogP contribution is -2.31. The Hall–Kier alpha value is -1.09. The highest BCUT2D eigenvalue weighted by Gasteiger charge is 2.23. The smallest absolute Gasteiger partial charge is 0.165 e. The number of hydrogen-bond donors (Lipinski definition) is 2. The van der Waals surface area contributed by atoms with Crippen molar-refractivity contribution < 1.29 is 4.79 Å². The van der Waals surface area contributed by atoms with E-state index in [1.54, 1.807) is 0 Å². The molecule has 3 nitrogen and oxygen atoms in total. The highest BCUT2D eigenvalue weighted by atomic mass is 16.1. The van der Waals surface area contributed by atoms with Crippen LogP contribution in [-0.2, 0) is 4.79 Å². The number of rotatable bonds is 7. The number of carbonyl (C=O) groups is 1. The minimum absolute atomic E-state index is 0.219. The van der Waals surface area contributed by atoms with Gasteiger partial charge < -0.3 is 11.1 Å². The molecule has 0 atom stereocenters. The highest BCUT2D eigenvalue weighted by molar-refractivity contribution is 5.99. The Morgan fingerprint density at radius 1 is 1.04 bits per heavy atom. The van der Waals surface area contributed by atoms with Gasteiger partial charge in [0, 0.05) is 23.2 Å². The van der Waals surface area contributed by atoms with Crippen LogP contribution in [0.4, 0.5) is 0 Å². The van der Waals surface area contributed by atoms with Crippen molar-refractivity contribution in [1.29, 1.82) is 0 Å². The molecular formula is C20H34N2O. The summed E-state index contributed by atoms with van der Waals surface area (Å²) in [5.74, 6) is 0.532. The van der Waals surface area contributed by atoms with Crippen molar-refractivity contribution >= 4 is 5.78 Å². The molecule has 0 amide bonds. The molecular weight excluding hydrogens is 284 g/mol. The molecule has 130 valence electrons. The first-order valence-corrected chi connectivity index (χ1v) is 9.58. The van der Waals surface area contributed by atoms with Crippen LogP contribution < -0.4 is 11.1 Å². The van der Waals surface area contributed by atoms with Gasteiger partial charge in [-0.1, -0.05) is 44.6 Å². The van der Waals surface area contributed by atoms with Crippen molar-refractivity contribution in [1.82, 2.24) is 5.32 Å². The second kappa shape index (κ2) is 9.92. The Bertz CT molecular complexity index is 423. The lowest BCUT2D eigenvalue weighted by atomic mass is 9.83. The highest BCUT2D eigenvalue weighted by Crippen LogP contribution is 2.27. The van der Waals surface area contributed by atoms with E-state index in [2.05, 4.69) is 11.4 Å². The fraction of sp³-hybridized carbons (Fsp3) is 0.750. The zero-order valence-electron chi connectivity index (χ0n) is 14.8. The molecule has 2 aliphatic carbocycles. The van der Waals surface area contributed by atoms with Gasteiger partial charge in [0.25, 0.3) is 0 Å². The van der Waals surface area contributed by atoms with Crippen LogP contribution in [0.2, 0.25) is 0 Å². The van der Waals surface area contributed by atoms with Crippen molar-refractivity contribution in [3.8, 4) is 0 Å². The van der Waals surface area contributed by atoms with Crippen LogP contribution in [-0.4, -0.2) is 18.4 Å². The second-order valence-electron chi connectivity index (χ2n) is 7.32. The van der Waals surface area contributed by atoms with E-state index in [0.717, 1.165) is 37.1 Å². The van der Waals surface area contributed by atoms with E-state index in [1.807, 2.05) is 13.0 Å². The number of Topliss-reactive ketones (excluding diaryl/α,β-unsaturated/α-hetero) is 1. The lowest BCUT2D eigenvalue weighted by Gasteiger charge is -2.23. The predicted octanol–water partition coefficient (Wildman–Crippen LogP) is 4.24. The Balaban J connectivity index is 1.86. The molecule has 0 aromatic carbocycles. The van der Waals surface area contributed by atoms with Crippen LogP contribution in [0.3, 0.4) is 0 Å². The van der Waals surface area contributed by atoms with E-state index in [1.165, 1.54) is 51.4 Å². The minimum atomic E-state index is 0.219. The molecule has 2 rings (SSSR count). The van der Waals surface area contributed by atoms with Crippen molar-refractivity contribution in [2.24, 2.45) is 11.7 Å². The SMILES string of the molecule is C/C(N)=C\C(=C/CCNC1CCCCC1)C(=O)C1CCCCC1. The zero-order chi connectivity index (χ0) is 16.5. The average Bonchev–Trinajstić information content (AvgIpc) is 2.58. The standard InChI is InChI=1S/C20H34N2O/c1-16(21)15-18(20(23)17-9-4-2-5-10-17)11-8-14-22-19-12-6-3-7-13-19/h11,15,17,19,22H,2-10,12-14,21H2,1H3/b16-15+,18-11+. The summed E-state index contributed by atoms with van der Waals surface area (Å²) in [6, 6.07) is 0.682. The summed E-state index contributed by atoms with van der Waals surface area (Å²) in [5.41, 5.74) is 7.39. The quantitative estimate of drug-likeness (QED) is 0.419. The molecule has 0 spiro atoms. The second-order valence-corrected chi connectivity index (χ2v) is 7.32. The molecule has 0 aromatic heterocycles. The van der Waals surface area contributed by atoms with Crippen molar-refractivity contribution in [2.75, 3.05) is 6.54 Å². The first kappa shape index (κ1) is 18.3. The fourth-order valence-electron chi connectivity index (χ4n) is 3.90. The molecule has 0 aliphatic heterocycles. The lowest BCUT2D eigenvalue weighted by molar-refractivity contribution is -0.119. The monoisotopic (exact) mass is 318 g/mol. The summed E-state index contributed by atoms with van der Waals surface area (Å²) in [6.45, 7) is 2.83. The molecule has 0 heterocycles. The van der Waals surface area contributed by atoms with Gasteiger partial charge in [-0.05, 0) is 51.6 Å². The molecule has 2 saturated carbocycles. The van der Waals surface area contributed by atoms with Crippen LogP contribution >= 0.6 is 0 Å². The van der Waals surface area contributed by atoms with Gasteiger partial charge in [0.2, 0.25) is 0 Å². The molecule has 0 unspecified atom stereocenters. The summed E-state index contributed by atoms with van der Waals surface area (Å²) >= 11 is 0. The van der Waals surface area contributed by atoms with E-state index in [-0.39, 0.29) is 5.92 Å². The van der Waals surface area contributed by atoms with E-state index < -0.39 is 0 Å². The summed E-state index contributed by atoms with van der Waals surface area (Å²) in [5, 5.41) is 3.64.